The second-order valence-electron chi connectivity index (χ2n) is 9.85. The predicted molar refractivity (Wildman–Crippen MR) is 145 cm³/mol. The first kappa shape index (κ1) is 28.3. The summed E-state index contributed by atoms with van der Waals surface area (Å²) in [7, 11) is 1.33. The van der Waals surface area contributed by atoms with E-state index >= 15 is 0 Å². The Morgan fingerprint density at radius 1 is 1.05 bits per heavy atom. The fourth-order valence-electron chi connectivity index (χ4n) is 4.10. The average Bonchev–Trinajstić information content (AvgIpc) is 3.37. The first-order valence-electron chi connectivity index (χ1n) is 12.4. The third-order valence-corrected chi connectivity index (χ3v) is 5.88. The van der Waals surface area contributed by atoms with Gasteiger partial charge in [0, 0.05) is 23.4 Å². The molecule has 200 valence electrons. The third-order valence-electron chi connectivity index (χ3n) is 5.88. The molecule has 1 fully saturated rings. The van der Waals surface area contributed by atoms with Gasteiger partial charge in [-0.25, -0.2) is 9.59 Å². The molecule has 38 heavy (non-hydrogen) atoms. The van der Waals surface area contributed by atoms with Gasteiger partial charge in [-0.3, -0.25) is 15.5 Å². The SMILES string of the molecule is CC#CC(Nc1ccc(C(=N)NC(=O)OC(C)(C)C)cc1)c1ccc(C(=O)N2CCCC2C(=O)OC)cc1. The van der Waals surface area contributed by atoms with Gasteiger partial charge in [0.15, 0.2) is 0 Å². The summed E-state index contributed by atoms with van der Waals surface area (Å²) in [5.41, 5.74) is 2.00. The van der Waals surface area contributed by atoms with E-state index < -0.39 is 23.7 Å². The minimum atomic E-state index is -0.685. The summed E-state index contributed by atoms with van der Waals surface area (Å²) in [4.78, 5) is 38.6. The zero-order valence-corrected chi connectivity index (χ0v) is 22.4. The number of benzene rings is 2. The number of hydrogen-bond donors (Lipinski definition) is 3. The number of nitrogens with one attached hydrogen (secondary N) is 3. The van der Waals surface area contributed by atoms with E-state index in [1.807, 2.05) is 12.1 Å². The molecule has 2 aromatic carbocycles. The first-order valence-corrected chi connectivity index (χ1v) is 12.4. The zero-order valence-electron chi connectivity index (χ0n) is 22.4. The van der Waals surface area contributed by atoms with E-state index in [1.165, 1.54) is 7.11 Å². The van der Waals surface area contributed by atoms with Crippen LogP contribution in [0.25, 0.3) is 0 Å². The molecule has 0 saturated carbocycles. The van der Waals surface area contributed by atoms with Gasteiger partial charge in [-0.15, -0.1) is 5.92 Å². The summed E-state index contributed by atoms with van der Waals surface area (Å²) in [6, 6.07) is 13.3. The van der Waals surface area contributed by atoms with Crippen molar-refractivity contribution in [2.45, 2.75) is 58.2 Å². The number of alkyl carbamates (subject to hydrolysis) is 1. The van der Waals surface area contributed by atoms with Crippen molar-refractivity contribution in [1.29, 1.82) is 5.41 Å². The molecule has 9 heteroatoms. The molecule has 2 atom stereocenters. The zero-order chi connectivity index (χ0) is 27.9. The number of rotatable bonds is 6. The number of nitrogens with zero attached hydrogens (tertiary/aromatic N) is 1. The van der Waals surface area contributed by atoms with Crippen LogP contribution in [0.5, 0.6) is 0 Å². The lowest BCUT2D eigenvalue weighted by molar-refractivity contribution is -0.145. The molecule has 2 amide bonds. The highest BCUT2D eigenvalue weighted by atomic mass is 16.6. The van der Waals surface area contributed by atoms with Crippen LogP contribution in [0.4, 0.5) is 10.5 Å². The molecule has 0 spiro atoms. The number of amides is 2. The predicted octanol–water partition coefficient (Wildman–Crippen LogP) is 4.49. The van der Waals surface area contributed by atoms with Crippen molar-refractivity contribution in [2.24, 2.45) is 0 Å². The molecule has 2 aromatic rings. The van der Waals surface area contributed by atoms with Gasteiger partial charge in [-0.05, 0) is 82.5 Å². The normalized spacial score (nSPS) is 15.5. The lowest BCUT2D eigenvalue weighted by atomic mass is 10.0. The number of methoxy groups -OCH3 is 1. The Bertz CT molecular complexity index is 1240. The van der Waals surface area contributed by atoms with Crippen LogP contribution in [-0.4, -0.2) is 54.0 Å². The fourth-order valence-corrected chi connectivity index (χ4v) is 4.10. The number of esters is 1. The minimum Gasteiger partial charge on any atom is -0.467 e. The van der Waals surface area contributed by atoms with Crippen LogP contribution in [0.3, 0.4) is 0 Å². The Hall–Kier alpha value is -4.32. The largest absolute Gasteiger partial charge is 0.467 e. The van der Waals surface area contributed by atoms with Crippen LogP contribution in [0.2, 0.25) is 0 Å². The van der Waals surface area contributed by atoms with Crippen molar-refractivity contribution in [3.05, 3.63) is 65.2 Å². The van der Waals surface area contributed by atoms with Gasteiger partial charge in [-0.2, -0.15) is 0 Å². The molecule has 0 bridgehead atoms. The van der Waals surface area contributed by atoms with E-state index in [9.17, 15) is 14.4 Å². The van der Waals surface area contributed by atoms with Crippen LogP contribution < -0.4 is 10.6 Å². The summed E-state index contributed by atoms with van der Waals surface area (Å²) in [6.45, 7) is 7.54. The van der Waals surface area contributed by atoms with Gasteiger partial charge < -0.3 is 19.7 Å². The summed E-state index contributed by atoms with van der Waals surface area (Å²) >= 11 is 0. The number of amidine groups is 1. The van der Waals surface area contributed by atoms with E-state index in [4.69, 9.17) is 14.9 Å². The molecular formula is C29H34N4O5. The van der Waals surface area contributed by atoms with E-state index in [-0.39, 0.29) is 17.8 Å². The van der Waals surface area contributed by atoms with Crippen molar-refractivity contribution in [2.75, 3.05) is 19.0 Å². The standard InChI is InChI=1S/C29H34N4O5/c1-6-8-23(31-22-16-14-20(15-17-22)25(30)32-28(36)38-29(2,3)4)19-10-12-21(13-11-19)26(34)33-18-7-9-24(33)27(35)37-5/h10-17,23-24,31H,7,9,18H2,1-5H3,(H2,30,32,36). The van der Waals surface area contributed by atoms with Gasteiger partial charge in [0.05, 0.1) is 7.11 Å². The maximum atomic E-state index is 13.0. The third kappa shape index (κ3) is 7.35. The van der Waals surface area contributed by atoms with Crippen molar-refractivity contribution >= 4 is 29.5 Å². The highest BCUT2D eigenvalue weighted by molar-refractivity contribution is 6.04. The van der Waals surface area contributed by atoms with Gasteiger partial charge in [0.2, 0.25) is 0 Å². The van der Waals surface area contributed by atoms with E-state index in [1.54, 1.807) is 69.0 Å². The molecule has 0 aliphatic carbocycles. The molecule has 1 aliphatic rings. The molecule has 9 nitrogen and oxygen atoms in total. The number of likely N-dealkylation sites (tertiary alicyclic amines) is 1. The maximum absolute atomic E-state index is 13.0. The summed E-state index contributed by atoms with van der Waals surface area (Å²) in [6.07, 6.45) is 0.677. The highest BCUT2D eigenvalue weighted by Crippen LogP contribution is 2.24. The topological polar surface area (TPSA) is 121 Å². The quantitative estimate of drug-likeness (QED) is 0.224. The van der Waals surface area contributed by atoms with Gasteiger partial charge >= 0.3 is 12.1 Å². The monoisotopic (exact) mass is 518 g/mol. The Balaban J connectivity index is 1.67. The molecule has 1 heterocycles. The number of ether oxygens (including phenoxy) is 2. The number of anilines is 1. The summed E-state index contributed by atoms with van der Waals surface area (Å²) in [5.74, 6) is 5.40. The molecular weight excluding hydrogens is 484 g/mol. The van der Waals surface area contributed by atoms with Crippen LogP contribution in [0.1, 0.15) is 68.1 Å². The summed E-state index contributed by atoms with van der Waals surface area (Å²) < 4.78 is 10.0. The van der Waals surface area contributed by atoms with E-state index in [0.717, 1.165) is 17.7 Å². The van der Waals surface area contributed by atoms with Crippen LogP contribution in [0, 0.1) is 17.3 Å². The second-order valence-corrected chi connectivity index (χ2v) is 9.85. The molecule has 2 unspecified atom stereocenters. The highest BCUT2D eigenvalue weighted by Gasteiger charge is 2.35. The molecule has 3 N–H and O–H groups in total. The van der Waals surface area contributed by atoms with Crippen molar-refractivity contribution in [1.82, 2.24) is 10.2 Å². The Labute approximate surface area is 223 Å². The van der Waals surface area contributed by atoms with E-state index in [0.29, 0.717) is 24.1 Å². The van der Waals surface area contributed by atoms with Gasteiger partial charge in [0.1, 0.15) is 23.5 Å². The smallest absolute Gasteiger partial charge is 0.413 e. The van der Waals surface area contributed by atoms with Gasteiger partial charge in [0.25, 0.3) is 5.91 Å². The lowest BCUT2D eigenvalue weighted by Crippen LogP contribution is -2.41. The maximum Gasteiger partial charge on any atom is 0.413 e. The molecule has 0 radical (unpaired) electrons. The van der Waals surface area contributed by atoms with Crippen LogP contribution in [0.15, 0.2) is 48.5 Å². The Morgan fingerprint density at radius 3 is 2.26 bits per heavy atom. The molecule has 3 rings (SSSR count). The molecule has 0 aromatic heterocycles. The lowest BCUT2D eigenvalue weighted by Gasteiger charge is -2.23. The van der Waals surface area contributed by atoms with Crippen molar-refractivity contribution < 1.29 is 23.9 Å². The Kier molecular flexibility index (Phi) is 9.13. The van der Waals surface area contributed by atoms with Gasteiger partial charge in [-0.1, -0.05) is 18.1 Å². The Morgan fingerprint density at radius 2 is 1.68 bits per heavy atom. The minimum absolute atomic E-state index is 0.0663. The summed E-state index contributed by atoms with van der Waals surface area (Å²) in [5, 5.41) is 13.9. The van der Waals surface area contributed by atoms with E-state index in [2.05, 4.69) is 22.5 Å². The average molecular weight is 519 g/mol. The first-order chi connectivity index (χ1) is 18.0. The van der Waals surface area contributed by atoms with Crippen molar-refractivity contribution in [3.63, 3.8) is 0 Å². The fraction of sp³-hybridized carbons (Fsp3) is 0.379. The molecule has 1 aliphatic heterocycles. The van der Waals surface area contributed by atoms with Crippen LogP contribution >= 0.6 is 0 Å². The molecule has 1 saturated heterocycles. The second kappa shape index (κ2) is 12.3. The number of carbonyl (C=O) groups is 3. The number of hydrogen-bond acceptors (Lipinski definition) is 7. The van der Waals surface area contributed by atoms with Crippen LogP contribution in [-0.2, 0) is 14.3 Å². The van der Waals surface area contributed by atoms with Crippen molar-refractivity contribution in [3.8, 4) is 11.8 Å². The number of carbonyl (C=O) groups excluding carboxylic acids is 3.